The number of aryl methyl sites for hydroxylation is 2. The van der Waals surface area contributed by atoms with E-state index in [9.17, 15) is 9.59 Å². The lowest BCUT2D eigenvalue weighted by Crippen LogP contribution is -2.47. The number of hydrogen-bond acceptors (Lipinski definition) is 4. The van der Waals surface area contributed by atoms with Gasteiger partial charge in [0.05, 0.1) is 11.0 Å². The Bertz CT molecular complexity index is 1210. The van der Waals surface area contributed by atoms with Crippen molar-refractivity contribution in [3.63, 3.8) is 0 Å². The van der Waals surface area contributed by atoms with E-state index in [2.05, 4.69) is 36.3 Å². The first-order valence-corrected chi connectivity index (χ1v) is 11.7. The molecule has 0 atom stereocenters. The Balaban J connectivity index is 1.43. The van der Waals surface area contributed by atoms with E-state index in [4.69, 9.17) is 4.98 Å². The molecule has 0 aliphatic carbocycles. The summed E-state index contributed by atoms with van der Waals surface area (Å²) < 4.78 is 1.85. The zero-order valence-electron chi connectivity index (χ0n) is 19.9. The van der Waals surface area contributed by atoms with Gasteiger partial charge in [0.25, 0.3) is 5.56 Å². The van der Waals surface area contributed by atoms with Gasteiger partial charge in [-0.25, -0.2) is 9.78 Å². The number of benzene rings is 2. The molecule has 0 unspecified atom stereocenters. The van der Waals surface area contributed by atoms with Crippen molar-refractivity contribution in [1.82, 2.24) is 14.9 Å². The van der Waals surface area contributed by atoms with Crippen LogP contribution in [-0.2, 0) is 6.54 Å². The van der Waals surface area contributed by atoms with E-state index >= 15 is 0 Å². The van der Waals surface area contributed by atoms with E-state index in [1.54, 1.807) is 0 Å². The molecule has 2 heterocycles. The van der Waals surface area contributed by atoms with Crippen LogP contribution < -0.4 is 21.1 Å². The van der Waals surface area contributed by atoms with Gasteiger partial charge in [-0.3, -0.25) is 4.79 Å². The molecule has 1 saturated heterocycles. The molecule has 2 aromatic carbocycles. The molecule has 0 saturated carbocycles. The number of para-hydroxylation sites is 2. The fraction of sp³-hybridized carbons (Fsp3) is 0.423. The van der Waals surface area contributed by atoms with Gasteiger partial charge in [0.1, 0.15) is 0 Å². The molecule has 174 valence electrons. The summed E-state index contributed by atoms with van der Waals surface area (Å²) in [7, 11) is 0. The number of rotatable bonds is 5. The number of fused-ring (bicyclic) bond motifs is 1. The van der Waals surface area contributed by atoms with Crippen molar-refractivity contribution in [2.45, 2.75) is 53.1 Å². The Labute approximate surface area is 194 Å². The quantitative estimate of drug-likeness (QED) is 0.605. The molecule has 7 nitrogen and oxygen atoms in total. The maximum atomic E-state index is 13.3. The van der Waals surface area contributed by atoms with Gasteiger partial charge in [-0.15, -0.1) is 0 Å². The van der Waals surface area contributed by atoms with E-state index in [1.165, 1.54) is 5.56 Å². The van der Waals surface area contributed by atoms with E-state index in [0.717, 1.165) is 35.1 Å². The first-order valence-electron chi connectivity index (χ1n) is 11.7. The maximum absolute atomic E-state index is 13.3. The molecule has 3 aromatic rings. The van der Waals surface area contributed by atoms with Crippen molar-refractivity contribution in [2.24, 2.45) is 5.92 Å². The normalized spacial score (nSPS) is 14.6. The van der Waals surface area contributed by atoms with Gasteiger partial charge in [-0.2, -0.15) is 0 Å². The summed E-state index contributed by atoms with van der Waals surface area (Å²) >= 11 is 0. The standard InChI is InChI=1S/C26H33N5O2/c1-17(2)16-31-23-8-6-5-7-22(23)29-24(25(31)32)30-13-11-20(12-14-30)27-26(33)28-21-10-9-18(3)19(4)15-21/h5-10,15,17,20H,11-14,16H2,1-4H3,(H2,27,28,33). The second kappa shape index (κ2) is 9.65. The Kier molecular flexibility index (Phi) is 6.67. The number of piperidine rings is 1. The molecule has 1 aliphatic rings. The highest BCUT2D eigenvalue weighted by Crippen LogP contribution is 2.20. The zero-order chi connectivity index (χ0) is 23.5. The highest BCUT2D eigenvalue weighted by molar-refractivity contribution is 5.89. The summed E-state index contributed by atoms with van der Waals surface area (Å²) in [6.07, 6.45) is 1.52. The van der Waals surface area contributed by atoms with Gasteiger partial charge < -0.3 is 20.1 Å². The lowest BCUT2D eigenvalue weighted by Gasteiger charge is -2.33. The SMILES string of the molecule is Cc1ccc(NC(=O)NC2CCN(c3nc4ccccc4n(CC(C)C)c3=O)CC2)cc1C. The minimum Gasteiger partial charge on any atom is -0.352 e. The molecule has 4 rings (SSSR count). The largest absolute Gasteiger partial charge is 0.352 e. The Morgan fingerprint density at radius 2 is 1.82 bits per heavy atom. The van der Waals surface area contributed by atoms with Gasteiger partial charge in [0.15, 0.2) is 5.82 Å². The fourth-order valence-corrected chi connectivity index (χ4v) is 4.34. The van der Waals surface area contributed by atoms with Crippen LogP contribution in [0.2, 0.25) is 0 Å². The minimum atomic E-state index is -0.195. The minimum absolute atomic E-state index is 0.0405. The average molecular weight is 448 g/mol. The molecule has 0 radical (unpaired) electrons. The summed E-state index contributed by atoms with van der Waals surface area (Å²) in [4.78, 5) is 32.6. The summed E-state index contributed by atoms with van der Waals surface area (Å²) in [6, 6.07) is 13.6. The number of carbonyl (C=O) groups is 1. The number of nitrogens with one attached hydrogen (secondary N) is 2. The number of amides is 2. The summed E-state index contributed by atoms with van der Waals surface area (Å²) in [6.45, 7) is 10.3. The molecule has 0 spiro atoms. The van der Waals surface area contributed by atoms with Crippen LogP contribution in [0.15, 0.2) is 47.3 Å². The third-order valence-corrected chi connectivity index (χ3v) is 6.28. The fourth-order valence-electron chi connectivity index (χ4n) is 4.34. The van der Waals surface area contributed by atoms with E-state index in [-0.39, 0.29) is 17.6 Å². The first-order chi connectivity index (χ1) is 15.8. The number of nitrogens with zero attached hydrogens (tertiary/aromatic N) is 3. The van der Waals surface area contributed by atoms with Crippen molar-refractivity contribution in [1.29, 1.82) is 0 Å². The van der Waals surface area contributed by atoms with Crippen LogP contribution in [-0.4, -0.2) is 34.7 Å². The summed E-state index contributed by atoms with van der Waals surface area (Å²) in [5.74, 6) is 0.861. The Morgan fingerprint density at radius 1 is 1.09 bits per heavy atom. The monoisotopic (exact) mass is 447 g/mol. The molecule has 0 bridgehead atoms. The number of anilines is 2. The van der Waals surface area contributed by atoms with Crippen molar-refractivity contribution in [3.8, 4) is 0 Å². The number of urea groups is 1. The Hall–Kier alpha value is -3.35. The second-order valence-electron chi connectivity index (χ2n) is 9.39. The van der Waals surface area contributed by atoms with Gasteiger partial charge in [0.2, 0.25) is 0 Å². The van der Waals surface area contributed by atoms with E-state index in [1.807, 2.05) is 54.0 Å². The maximum Gasteiger partial charge on any atom is 0.319 e. The lowest BCUT2D eigenvalue weighted by atomic mass is 10.1. The summed E-state index contributed by atoms with van der Waals surface area (Å²) in [5, 5.41) is 6.00. The predicted octanol–water partition coefficient (Wildman–Crippen LogP) is 4.46. The smallest absolute Gasteiger partial charge is 0.319 e. The van der Waals surface area contributed by atoms with Crippen LogP contribution in [0.4, 0.5) is 16.3 Å². The van der Waals surface area contributed by atoms with Crippen molar-refractivity contribution < 1.29 is 4.79 Å². The van der Waals surface area contributed by atoms with Gasteiger partial charge in [-0.1, -0.05) is 32.0 Å². The summed E-state index contributed by atoms with van der Waals surface area (Å²) in [5.41, 5.74) is 4.80. The predicted molar refractivity (Wildman–Crippen MR) is 134 cm³/mol. The number of carbonyl (C=O) groups excluding carboxylic acids is 1. The van der Waals surface area contributed by atoms with Gasteiger partial charge in [-0.05, 0) is 68.0 Å². The molecule has 1 aromatic heterocycles. The van der Waals surface area contributed by atoms with Gasteiger partial charge in [0, 0.05) is 31.4 Å². The highest BCUT2D eigenvalue weighted by atomic mass is 16.2. The molecule has 1 aliphatic heterocycles. The Morgan fingerprint density at radius 3 is 2.52 bits per heavy atom. The van der Waals surface area contributed by atoms with Crippen molar-refractivity contribution in [3.05, 3.63) is 63.9 Å². The zero-order valence-corrected chi connectivity index (χ0v) is 19.9. The van der Waals surface area contributed by atoms with Crippen LogP contribution in [0.3, 0.4) is 0 Å². The van der Waals surface area contributed by atoms with Gasteiger partial charge >= 0.3 is 6.03 Å². The third kappa shape index (κ3) is 5.18. The van der Waals surface area contributed by atoms with E-state index in [0.29, 0.717) is 31.4 Å². The lowest BCUT2D eigenvalue weighted by molar-refractivity contribution is 0.246. The van der Waals surface area contributed by atoms with E-state index < -0.39 is 0 Å². The van der Waals surface area contributed by atoms with Crippen molar-refractivity contribution >= 4 is 28.6 Å². The van der Waals surface area contributed by atoms with Crippen LogP contribution in [0.25, 0.3) is 11.0 Å². The highest BCUT2D eigenvalue weighted by Gasteiger charge is 2.25. The van der Waals surface area contributed by atoms with Crippen LogP contribution in [0, 0.1) is 19.8 Å². The van der Waals surface area contributed by atoms with Crippen LogP contribution >= 0.6 is 0 Å². The topological polar surface area (TPSA) is 79.3 Å². The molecule has 7 heteroatoms. The molecule has 33 heavy (non-hydrogen) atoms. The molecule has 2 amide bonds. The van der Waals surface area contributed by atoms with Crippen LogP contribution in [0.5, 0.6) is 0 Å². The molecular weight excluding hydrogens is 414 g/mol. The average Bonchev–Trinajstić information content (AvgIpc) is 2.78. The third-order valence-electron chi connectivity index (χ3n) is 6.28. The second-order valence-corrected chi connectivity index (χ2v) is 9.39. The molecular formula is C26H33N5O2. The number of hydrogen-bond donors (Lipinski definition) is 2. The molecule has 1 fully saturated rings. The van der Waals surface area contributed by atoms with Crippen LogP contribution in [0.1, 0.15) is 37.8 Å². The molecule has 2 N–H and O–H groups in total. The van der Waals surface area contributed by atoms with Crippen molar-refractivity contribution in [2.75, 3.05) is 23.3 Å². The first kappa shape index (κ1) is 22.8. The number of aromatic nitrogens is 2.